The third-order valence-corrected chi connectivity index (χ3v) is 2.37. The highest BCUT2D eigenvalue weighted by molar-refractivity contribution is 9.10. The number of nitrogens with zero attached hydrogens (tertiary/aromatic N) is 2. The molecule has 0 aliphatic heterocycles. The van der Waals surface area contributed by atoms with Gasteiger partial charge in [0.25, 0.3) is 0 Å². The molecule has 2 heterocycles. The zero-order valence-electron chi connectivity index (χ0n) is 7.70. The second-order valence-electron chi connectivity index (χ2n) is 3.00. The molecule has 0 saturated heterocycles. The maximum Gasteiger partial charge on any atom is 0.141 e. The number of pyridine rings is 1. The largest absolute Gasteiger partial charge is 0.326 e. The Balaban J connectivity index is 0.000000980. The number of halogens is 2. The molecule has 0 radical (unpaired) electrons. The number of hydrogen-bond acceptors (Lipinski definition) is 2. The summed E-state index contributed by atoms with van der Waals surface area (Å²) in [6.07, 6.45) is 3.97. The maximum absolute atomic E-state index is 5.62. The van der Waals surface area contributed by atoms with E-state index >= 15 is 0 Å². The van der Waals surface area contributed by atoms with E-state index in [0.717, 1.165) is 21.4 Å². The second-order valence-corrected chi connectivity index (χ2v) is 3.92. The van der Waals surface area contributed by atoms with Crippen molar-refractivity contribution in [2.45, 2.75) is 13.5 Å². The van der Waals surface area contributed by atoms with Crippen molar-refractivity contribution >= 4 is 34.0 Å². The number of aromatic nitrogens is 2. The molecule has 0 fully saturated rings. The molecule has 0 spiro atoms. The molecule has 76 valence electrons. The SMILES string of the molecule is Cc1cn2cc(Br)cc(CN)c2n1.Cl. The van der Waals surface area contributed by atoms with E-state index in [1.165, 1.54) is 0 Å². The van der Waals surface area contributed by atoms with Crippen molar-refractivity contribution in [3.63, 3.8) is 0 Å². The number of imidazole rings is 1. The van der Waals surface area contributed by atoms with Crippen LogP contribution in [0.4, 0.5) is 0 Å². The topological polar surface area (TPSA) is 43.3 Å². The molecular weight excluding hydrogens is 265 g/mol. The number of rotatable bonds is 1. The average Bonchev–Trinajstić information content (AvgIpc) is 2.43. The van der Waals surface area contributed by atoms with Crippen LogP contribution in [0.5, 0.6) is 0 Å². The fourth-order valence-electron chi connectivity index (χ4n) is 1.40. The van der Waals surface area contributed by atoms with E-state index in [4.69, 9.17) is 5.73 Å². The van der Waals surface area contributed by atoms with Gasteiger partial charge < -0.3 is 10.1 Å². The van der Waals surface area contributed by atoms with Gasteiger partial charge in [-0.25, -0.2) is 4.98 Å². The van der Waals surface area contributed by atoms with Crippen LogP contribution >= 0.6 is 28.3 Å². The summed E-state index contributed by atoms with van der Waals surface area (Å²) in [5.41, 5.74) is 8.63. The van der Waals surface area contributed by atoms with E-state index < -0.39 is 0 Å². The zero-order valence-corrected chi connectivity index (χ0v) is 10.1. The van der Waals surface area contributed by atoms with Gasteiger partial charge in [-0.3, -0.25) is 0 Å². The number of aryl methyl sites for hydroxylation is 1. The summed E-state index contributed by atoms with van der Waals surface area (Å²) in [7, 11) is 0. The Hall–Kier alpha value is -0.580. The summed E-state index contributed by atoms with van der Waals surface area (Å²) in [5, 5.41) is 0. The lowest BCUT2D eigenvalue weighted by molar-refractivity contribution is 1.04. The highest BCUT2D eigenvalue weighted by Gasteiger charge is 2.04. The predicted octanol–water partition coefficient (Wildman–Crippen LogP) is 2.29. The Labute approximate surface area is 96.9 Å². The second kappa shape index (κ2) is 4.29. The maximum atomic E-state index is 5.62. The first-order valence-corrected chi connectivity index (χ1v) is 4.84. The number of nitrogens with two attached hydrogens (primary N) is 1. The van der Waals surface area contributed by atoms with Crippen molar-refractivity contribution in [3.8, 4) is 0 Å². The van der Waals surface area contributed by atoms with Crippen molar-refractivity contribution in [3.05, 3.63) is 34.2 Å². The fraction of sp³-hybridized carbons (Fsp3) is 0.222. The summed E-state index contributed by atoms with van der Waals surface area (Å²) >= 11 is 3.43. The Morgan fingerprint density at radius 2 is 2.21 bits per heavy atom. The van der Waals surface area contributed by atoms with Crippen molar-refractivity contribution in [1.29, 1.82) is 0 Å². The van der Waals surface area contributed by atoms with Gasteiger partial charge in [0.1, 0.15) is 5.65 Å². The molecule has 0 aliphatic rings. The quantitative estimate of drug-likeness (QED) is 0.868. The Bertz CT molecular complexity index is 452. The van der Waals surface area contributed by atoms with Crippen molar-refractivity contribution in [2.24, 2.45) is 5.73 Å². The molecule has 0 bridgehead atoms. The van der Waals surface area contributed by atoms with Crippen LogP contribution in [0.2, 0.25) is 0 Å². The Kier molecular flexibility index (Phi) is 3.53. The molecule has 2 N–H and O–H groups in total. The molecule has 0 atom stereocenters. The first-order chi connectivity index (χ1) is 6.20. The van der Waals surface area contributed by atoms with Gasteiger partial charge in [-0.05, 0) is 28.9 Å². The molecule has 3 nitrogen and oxygen atoms in total. The molecule has 5 heteroatoms. The van der Waals surface area contributed by atoms with Crippen molar-refractivity contribution in [2.75, 3.05) is 0 Å². The van der Waals surface area contributed by atoms with Gasteiger partial charge in [0.15, 0.2) is 0 Å². The van der Waals surface area contributed by atoms with Crippen LogP contribution in [0.15, 0.2) is 22.9 Å². The van der Waals surface area contributed by atoms with Gasteiger partial charge in [-0.2, -0.15) is 0 Å². The molecule has 0 aromatic carbocycles. The highest BCUT2D eigenvalue weighted by Crippen LogP contribution is 2.17. The third-order valence-electron chi connectivity index (χ3n) is 1.93. The van der Waals surface area contributed by atoms with E-state index in [1.807, 2.05) is 29.8 Å². The average molecular weight is 277 g/mol. The smallest absolute Gasteiger partial charge is 0.141 e. The van der Waals surface area contributed by atoms with Crippen LogP contribution in [-0.2, 0) is 6.54 Å². The van der Waals surface area contributed by atoms with Crippen LogP contribution < -0.4 is 5.73 Å². The molecule has 0 saturated carbocycles. The molecule has 2 aromatic heterocycles. The van der Waals surface area contributed by atoms with E-state index in [1.54, 1.807) is 0 Å². The molecule has 14 heavy (non-hydrogen) atoms. The first-order valence-electron chi connectivity index (χ1n) is 4.04. The van der Waals surface area contributed by atoms with Gasteiger partial charge in [0.2, 0.25) is 0 Å². The minimum absolute atomic E-state index is 0. The third kappa shape index (κ3) is 1.92. The first kappa shape index (κ1) is 11.5. The molecule has 2 rings (SSSR count). The summed E-state index contributed by atoms with van der Waals surface area (Å²) in [6.45, 7) is 2.49. The zero-order chi connectivity index (χ0) is 9.42. The minimum Gasteiger partial charge on any atom is -0.326 e. The fourth-order valence-corrected chi connectivity index (χ4v) is 1.90. The monoisotopic (exact) mass is 275 g/mol. The predicted molar refractivity (Wildman–Crippen MR) is 62.8 cm³/mol. The standard InChI is InChI=1S/C9H10BrN3.ClH/c1-6-4-13-5-8(10)2-7(3-11)9(13)12-6;/h2,4-5H,3,11H2,1H3;1H. The normalized spacial score (nSPS) is 10.2. The summed E-state index contributed by atoms with van der Waals surface area (Å²) in [4.78, 5) is 4.39. The highest BCUT2D eigenvalue weighted by atomic mass is 79.9. The van der Waals surface area contributed by atoms with E-state index in [2.05, 4.69) is 20.9 Å². The van der Waals surface area contributed by atoms with Crippen LogP contribution in [-0.4, -0.2) is 9.38 Å². The van der Waals surface area contributed by atoms with Crippen LogP contribution in [0, 0.1) is 6.92 Å². The molecule has 0 unspecified atom stereocenters. The molecular formula is C9H11BrClN3. The van der Waals surface area contributed by atoms with Crippen LogP contribution in [0.3, 0.4) is 0 Å². The van der Waals surface area contributed by atoms with Crippen molar-refractivity contribution in [1.82, 2.24) is 9.38 Å². The number of fused-ring (bicyclic) bond motifs is 1. The summed E-state index contributed by atoms with van der Waals surface area (Å²) in [5.74, 6) is 0. The van der Waals surface area contributed by atoms with E-state index in [-0.39, 0.29) is 12.4 Å². The van der Waals surface area contributed by atoms with Gasteiger partial charge >= 0.3 is 0 Å². The molecule has 0 aliphatic carbocycles. The molecule has 0 amide bonds. The van der Waals surface area contributed by atoms with E-state index in [9.17, 15) is 0 Å². The Morgan fingerprint density at radius 3 is 2.86 bits per heavy atom. The van der Waals surface area contributed by atoms with Crippen LogP contribution in [0.1, 0.15) is 11.3 Å². The molecule has 2 aromatic rings. The van der Waals surface area contributed by atoms with Gasteiger partial charge in [0.05, 0.1) is 5.69 Å². The summed E-state index contributed by atoms with van der Waals surface area (Å²) < 4.78 is 3.01. The van der Waals surface area contributed by atoms with Gasteiger partial charge in [-0.1, -0.05) is 0 Å². The van der Waals surface area contributed by atoms with Crippen molar-refractivity contribution < 1.29 is 0 Å². The minimum atomic E-state index is 0. The number of hydrogen-bond donors (Lipinski definition) is 1. The Morgan fingerprint density at radius 1 is 1.50 bits per heavy atom. The van der Waals surface area contributed by atoms with E-state index in [0.29, 0.717) is 6.54 Å². The van der Waals surface area contributed by atoms with Gasteiger partial charge in [0, 0.05) is 29.0 Å². The summed E-state index contributed by atoms with van der Waals surface area (Å²) in [6, 6.07) is 2.00. The van der Waals surface area contributed by atoms with Crippen LogP contribution in [0.25, 0.3) is 5.65 Å². The lowest BCUT2D eigenvalue weighted by Crippen LogP contribution is -1.99. The lowest BCUT2D eigenvalue weighted by Gasteiger charge is -2.01. The lowest BCUT2D eigenvalue weighted by atomic mass is 10.3. The van der Waals surface area contributed by atoms with Gasteiger partial charge in [-0.15, -0.1) is 12.4 Å².